The lowest BCUT2D eigenvalue weighted by Crippen LogP contribution is -2.30. The molecule has 0 aliphatic heterocycles. The van der Waals surface area contributed by atoms with Crippen molar-refractivity contribution in [1.29, 1.82) is 0 Å². The summed E-state index contributed by atoms with van der Waals surface area (Å²) < 4.78 is 5.50. The van der Waals surface area contributed by atoms with Crippen molar-refractivity contribution in [2.75, 3.05) is 19.0 Å². The van der Waals surface area contributed by atoms with Crippen LogP contribution in [0.4, 0.5) is 5.69 Å². The first-order valence-corrected chi connectivity index (χ1v) is 8.85. The molecule has 0 unspecified atom stereocenters. The molecule has 0 fully saturated rings. The topological polar surface area (TPSA) is 24.5 Å². The number of thiocarbonyl (C=S) groups is 1. The SMILES string of the molecule is C=CCOc1ccc(CN(C)C(=S)Nc2ccc(C(C)C)cc2)cc1. The number of rotatable bonds is 7. The van der Waals surface area contributed by atoms with E-state index < -0.39 is 0 Å². The normalized spacial score (nSPS) is 10.4. The van der Waals surface area contributed by atoms with Crippen LogP contribution in [0.3, 0.4) is 0 Å². The Bertz CT molecular complexity index is 693. The van der Waals surface area contributed by atoms with E-state index in [1.54, 1.807) is 6.08 Å². The van der Waals surface area contributed by atoms with Crippen LogP contribution >= 0.6 is 12.2 Å². The van der Waals surface area contributed by atoms with Gasteiger partial charge in [-0.2, -0.15) is 0 Å². The Morgan fingerprint density at radius 1 is 1.16 bits per heavy atom. The molecule has 0 aliphatic rings. The maximum absolute atomic E-state index is 5.50. The van der Waals surface area contributed by atoms with Crippen molar-refractivity contribution in [2.24, 2.45) is 0 Å². The average molecular weight is 355 g/mol. The van der Waals surface area contributed by atoms with E-state index in [4.69, 9.17) is 17.0 Å². The maximum Gasteiger partial charge on any atom is 0.173 e. The van der Waals surface area contributed by atoms with Gasteiger partial charge in [0, 0.05) is 19.3 Å². The van der Waals surface area contributed by atoms with Gasteiger partial charge in [0.1, 0.15) is 12.4 Å². The lowest BCUT2D eigenvalue weighted by molar-refractivity contribution is 0.363. The van der Waals surface area contributed by atoms with Crippen LogP contribution in [0.5, 0.6) is 5.75 Å². The molecule has 0 atom stereocenters. The second-order valence-corrected chi connectivity index (χ2v) is 6.69. The highest BCUT2D eigenvalue weighted by Gasteiger charge is 2.07. The van der Waals surface area contributed by atoms with E-state index in [9.17, 15) is 0 Å². The van der Waals surface area contributed by atoms with Crippen molar-refractivity contribution in [1.82, 2.24) is 4.90 Å². The largest absolute Gasteiger partial charge is 0.490 e. The van der Waals surface area contributed by atoms with Crippen LogP contribution in [0.15, 0.2) is 61.2 Å². The van der Waals surface area contributed by atoms with Crippen LogP contribution in [0.1, 0.15) is 30.9 Å². The van der Waals surface area contributed by atoms with Gasteiger partial charge in [-0.1, -0.05) is 50.8 Å². The predicted octanol–water partition coefficient (Wildman–Crippen LogP) is 5.20. The van der Waals surface area contributed by atoms with E-state index >= 15 is 0 Å². The summed E-state index contributed by atoms with van der Waals surface area (Å²) in [6.07, 6.45) is 1.74. The Morgan fingerprint density at radius 3 is 2.36 bits per heavy atom. The lowest BCUT2D eigenvalue weighted by atomic mass is 10.0. The Balaban J connectivity index is 1.90. The average Bonchev–Trinajstić information content (AvgIpc) is 2.61. The van der Waals surface area contributed by atoms with Crippen LogP contribution in [-0.2, 0) is 6.54 Å². The minimum Gasteiger partial charge on any atom is -0.490 e. The summed E-state index contributed by atoms with van der Waals surface area (Å²) >= 11 is 5.50. The molecule has 1 N–H and O–H groups in total. The van der Waals surface area contributed by atoms with Crippen molar-refractivity contribution in [2.45, 2.75) is 26.3 Å². The highest BCUT2D eigenvalue weighted by molar-refractivity contribution is 7.80. The maximum atomic E-state index is 5.50. The van der Waals surface area contributed by atoms with Gasteiger partial charge in [-0.15, -0.1) is 0 Å². The molecule has 0 amide bonds. The summed E-state index contributed by atoms with van der Waals surface area (Å²) in [6, 6.07) is 16.4. The molecular formula is C21H26N2OS. The number of anilines is 1. The fraction of sp³-hybridized carbons (Fsp3) is 0.286. The molecule has 0 aliphatic carbocycles. The first-order valence-electron chi connectivity index (χ1n) is 8.44. The molecule has 0 radical (unpaired) electrons. The van der Waals surface area contributed by atoms with E-state index in [-0.39, 0.29) is 0 Å². The van der Waals surface area contributed by atoms with Gasteiger partial charge in [0.2, 0.25) is 0 Å². The number of nitrogens with one attached hydrogen (secondary N) is 1. The highest BCUT2D eigenvalue weighted by atomic mass is 32.1. The Labute approximate surface area is 156 Å². The zero-order valence-corrected chi connectivity index (χ0v) is 16.0. The van der Waals surface area contributed by atoms with Gasteiger partial charge in [0.25, 0.3) is 0 Å². The van der Waals surface area contributed by atoms with Crippen molar-refractivity contribution < 1.29 is 4.74 Å². The molecular weight excluding hydrogens is 328 g/mol. The Hall–Kier alpha value is -2.33. The number of hydrogen-bond acceptors (Lipinski definition) is 2. The second-order valence-electron chi connectivity index (χ2n) is 6.31. The third-order valence-corrected chi connectivity index (χ3v) is 4.30. The standard InChI is InChI=1S/C21H26N2OS/c1-5-14-24-20-12-6-17(7-13-20)15-23(4)21(25)22-19-10-8-18(9-11-19)16(2)3/h5-13,16H,1,14-15H2,2-4H3,(H,22,25). The smallest absolute Gasteiger partial charge is 0.173 e. The van der Waals surface area contributed by atoms with E-state index in [1.807, 2.05) is 24.1 Å². The summed E-state index contributed by atoms with van der Waals surface area (Å²) in [5, 5.41) is 3.99. The zero-order chi connectivity index (χ0) is 18.2. The van der Waals surface area contributed by atoms with Gasteiger partial charge < -0.3 is 15.0 Å². The number of ether oxygens (including phenoxy) is 1. The van der Waals surface area contributed by atoms with Crippen LogP contribution in [0.25, 0.3) is 0 Å². The van der Waals surface area contributed by atoms with Gasteiger partial charge >= 0.3 is 0 Å². The molecule has 4 heteroatoms. The first-order chi connectivity index (χ1) is 12.0. The quantitative estimate of drug-likeness (QED) is 0.545. The first kappa shape index (κ1) is 19.0. The van der Waals surface area contributed by atoms with Crippen LogP contribution in [0, 0.1) is 0 Å². The molecule has 132 valence electrons. The molecule has 25 heavy (non-hydrogen) atoms. The van der Waals surface area contributed by atoms with Gasteiger partial charge in [-0.05, 0) is 53.5 Å². The van der Waals surface area contributed by atoms with E-state index in [0.717, 1.165) is 18.0 Å². The van der Waals surface area contributed by atoms with Crippen LogP contribution in [-0.4, -0.2) is 23.7 Å². The van der Waals surface area contributed by atoms with Crippen LogP contribution < -0.4 is 10.1 Å². The highest BCUT2D eigenvalue weighted by Crippen LogP contribution is 2.18. The second kappa shape index (κ2) is 9.23. The van der Waals surface area contributed by atoms with E-state index in [0.29, 0.717) is 17.6 Å². The lowest BCUT2D eigenvalue weighted by Gasteiger charge is -2.21. The van der Waals surface area contributed by atoms with E-state index in [1.165, 1.54) is 11.1 Å². The summed E-state index contributed by atoms with van der Waals surface area (Å²) in [7, 11) is 1.99. The minimum absolute atomic E-state index is 0.517. The fourth-order valence-corrected chi connectivity index (χ4v) is 2.54. The molecule has 2 rings (SSSR count). The molecule has 0 heterocycles. The number of benzene rings is 2. The third-order valence-electron chi connectivity index (χ3n) is 3.89. The number of nitrogens with zero attached hydrogens (tertiary/aromatic N) is 1. The summed E-state index contributed by atoms with van der Waals surface area (Å²) in [4.78, 5) is 2.02. The summed E-state index contributed by atoms with van der Waals surface area (Å²) in [5.74, 6) is 1.37. The molecule has 0 saturated carbocycles. The fourth-order valence-electron chi connectivity index (χ4n) is 2.36. The Morgan fingerprint density at radius 2 is 1.80 bits per heavy atom. The summed E-state index contributed by atoms with van der Waals surface area (Å²) in [6.45, 7) is 9.28. The molecule has 0 saturated heterocycles. The van der Waals surface area contributed by atoms with Crippen molar-refractivity contribution >= 4 is 23.0 Å². The van der Waals surface area contributed by atoms with E-state index in [2.05, 4.69) is 62.1 Å². The summed E-state index contributed by atoms with van der Waals surface area (Å²) in [5.41, 5.74) is 3.51. The monoisotopic (exact) mass is 354 g/mol. The van der Waals surface area contributed by atoms with Crippen molar-refractivity contribution in [3.05, 3.63) is 72.3 Å². The molecule has 0 bridgehead atoms. The molecule has 2 aromatic rings. The number of hydrogen-bond donors (Lipinski definition) is 1. The van der Waals surface area contributed by atoms with Crippen LogP contribution in [0.2, 0.25) is 0 Å². The zero-order valence-electron chi connectivity index (χ0n) is 15.2. The molecule has 2 aromatic carbocycles. The molecule has 0 aromatic heterocycles. The van der Waals surface area contributed by atoms with Gasteiger partial charge in [0.05, 0.1) is 0 Å². The molecule has 0 spiro atoms. The van der Waals surface area contributed by atoms with Gasteiger partial charge in [0.15, 0.2) is 5.11 Å². The third kappa shape index (κ3) is 5.91. The van der Waals surface area contributed by atoms with Gasteiger partial charge in [-0.25, -0.2) is 0 Å². The minimum atomic E-state index is 0.517. The molecule has 3 nitrogen and oxygen atoms in total. The van der Waals surface area contributed by atoms with Gasteiger partial charge in [-0.3, -0.25) is 0 Å². The van der Waals surface area contributed by atoms with Crippen molar-refractivity contribution in [3.8, 4) is 5.75 Å². The van der Waals surface area contributed by atoms with Crippen molar-refractivity contribution in [3.63, 3.8) is 0 Å². The Kier molecular flexibility index (Phi) is 7.02. The predicted molar refractivity (Wildman–Crippen MR) is 110 cm³/mol.